The van der Waals surface area contributed by atoms with Crippen molar-refractivity contribution in [3.05, 3.63) is 60.2 Å². The molecule has 110 valence electrons. The molecule has 0 saturated carbocycles. The first kappa shape index (κ1) is 15.1. The molecule has 0 aliphatic rings. The van der Waals surface area contributed by atoms with E-state index in [4.69, 9.17) is 4.74 Å². The smallest absolute Gasteiger partial charge is 0.226 e. The van der Waals surface area contributed by atoms with E-state index < -0.39 is 0 Å². The number of carbonyl (C=O) groups excluding carboxylic acids is 1. The van der Waals surface area contributed by atoms with E-state index >= 15 is 0 Å². The number of carbonyl (C=O) groups is 1. The van der Waals surface area contributed by atoms with E-state index in [1.165, 1.54) is 5.56 Å². The number of nitrogens with zero attached hydrogens (tertiary/aromatic N) is 1. The van der Waals surface area contributed by atoms with Crippen LogP contribution in [0.4, 0.5) is 5.69 Å². The van der Waals surface area contributed by atoms with Crippen molar-refractivity contribution in [2.24, 2.45) is 0 Å². The van der Waals surface area contributed by atoms with Crippen molar-refractivity contribution in [2.75, 3.05) is 18.6 Å². The molecule has 1 amide bonds. The van der Waals surface area contributed by atoms with Crippen LogP contribution < -0.4 is 9.64 Å². The highest BCUT2D eigenvalue weighted by atomic mass is 16.5. The van der Waals surface area contributed by atoms with Crippen LogP contribution >= 0.6 is 0 Å². The van der Waals surface area contributed by atoms with Crippen molar-refractivity contribution >= 4 is 11.6 Å². The lowest BCUT2D eigenvalue weighted by atomic mass is 10.2. The van der Waals surface area contributed by atoms with Gasteiger partial charge in [0.2, 0.25) is 5.91 Å². The summed E-state index contributed by atoms with van der Waals surface area (Å²) < 4.78 is 5.63. The second-order valence-electron chi connectivity index (χ2n) is 5.05. The van der Waals surface area contributed by atoms with Gasteiger partial charge in [-0.2, -0.15) is 0 Å². The van der Waals surface area contributed by atoms with Crippen LogP contribution in [-0.2, 0) is 4.79 Å². The molecule has 0 N–H and O–H groups in total. The molecule has 0 spiro atoms. The first-order chi connectivity index (χ1) is 10.2. The minimum Gasteiger partial charge on any atom is -0.494 e. The molecule has 2 rings (SSSR count). The monoisotopic (exact) mass is 283 g/mol. The summed E-state index contributed by atoms with van der Waals surface area (Å²) in [5.41, 5.74) is 2.13. The number of benzene rings is 2. The summed E-state index contributed by atoms with van der Waals surface area (Å²) in [5.74, 6) is 0.957. The summed E-state index contributed by atoms with van der Waals surface area (Å²) in [6.45, 7) is 2.60. The number of hydrogen-bond acceptors (Lipinski definition) is 2. The molecule has 0 unspecified atom stereocenters. The topological polar surface area (TPSA) is 29.5 Å². The molecule has 0 heterocycles. The molecule has 0 aromatic heterocycles. The Bertz CT molecular complexity index is 564. The van der Waals surface area contributed by atoms with Crippen molar-refractivity contribution in [1.82, 2.24) is 0 Å². The maximum atomic E-state index is 12.1. The SMILES string of the molecule is Cc1ccc(OCCCC(=O)N(C)c2ccccc2)cc1. The molecular weight excluding hydrogens is 262 g/mol. The van der Waals surface area contributed by atoms with Crippen LogP contribution in [0.3, 0.4) is 0 Å². The highest BCUT2D eigenvalue weighted by Gasteiger charge is 2.09. The Morgan fingerprint density at radius 3 is 2.38 bits per heavy atom. The van der Waals surface area contributed by atoms with Crippen LogP contribution in [0.1, 0.15) is 18.4 Å². The van der Waals surface area contributed by atoms with Crippen LogP contribution in [0.25, 0.3) is 0 Å². The van der Waals surface area contributed by atoms with Gasteiger partial charge in [0.25, 0.3) is 0 Å². The largest absolute Gasteiger partial charge is 0.494 e. The molecule has 3 heteroatoms. The highest BCUT2D eigenvalue weighted by molar-refractivity contribution is 5.92. The fourth-order valence-electron chi connectivity index (χ4n) is 2.01. The molecular formula is C18H21NO2. The summed E-state index contributed by atoms with van der Waals surface area (Å²) in [6.07, 6.45) is 1.20. The van der Waals surface area contributed by atoms with E-state index in [1.54, 1.807) is 11.9 Å². The quantitative estimate of drug-likeness (QED) is 0.754. The maximum absolute atomic E-state index is 12.1. The van der Waals surface area contributed by atoms with Gasteiger partial charge in [-0.15, -0.1) is 0 Å². The van der Waals surface area contributed by atoms with Gasteiger partial charge in [-0.1, -0.05) is 35.9 Å². The molecule has 0 bridgehead atoms. The Morgan fingerprint density at radius 2 is 1.71 bits per heavy atom. The fourth-order valence-corrected chi connectivity index (χ4v) is 2.01. The summed E-state index contributed by atoms with van der Waals surface area (Å²) in [5, 5.41) is 0. The standard InChI is InChI=1S/C18H21NO2/c1-15-10-12-17(13-11-15)21-14-6-9-18(20)19(2)16-7-4-3-5-8-16/h3-5,7-8,10-13H,6,9,14H2,1-2H3. The number of para-hydroxylation sites is 1. The van der Waals surface area contributed by atoms with Crippen molar-refractivity contribution in [3.8, 4) is 5.75 Å². The number of rotatable bonds is 6. The summed E-state index contributed by atoms with van der Waals surface area (Å²) in [7, 11) is 1.80. The average molecular weight is 283 g/mol. The van der Waals surface area contributed by atoms with Crippen molar-refractivity contribution in [1.29, 1.82) is 0 Å². The van der Waals surface area contributed by atoms with Gasteiger partial charge in [0, 0.05) is 19.2 Å². The van der Waals surface area contributed by atoms with E-state index in [9.17, 15) is 4.79 Å². The summed E-state index contributed by atoms with van der Waals surface area (Å²) in [4.78, 5) is 13.8. The number of anilines is 1. The normalized spacial score (nSPS) is 10.2. The molecule has 0 fully saturated rings. The lowest BCUT2D eigenvalue weighted by molar-refractivity contribution is -0.118. The van der Waals surface area contributed by atoms with Gasteiger partial charge in [-0.3, -0.25) is 4.79 Å². The van der Waals surface area contributed by atoms with Crippen molar-refractivity contribution in [3.63, 3.8) is 0 Å². The van der Waals surface area contributed by atoms with E-state index in [0.29, 0.717) is 19.4 Å². The van der Waals surface area contributed by atoms with Crippen LogP contribution in [0.2, 0.25) is 0 Å². The predicted molar refractivity (Wildman–Crippen MR) is 85.8 cm³/mol. The molecule has 21 heavy (non-hydrogen) atoms. The van der Waals surface area contributed by atoms with E-state index in [-0.39, 0.29) is 5.91 Å². The summed E-state index contributed by atoms with van der Waals surface area (Å²) in [6, 6.07) is 17.6. The van der Waals surface area contributed by atoms with Gasteiger partial charge in [0.05, 0.1) is 6.61 Å². The molecule has 0 atom stereocenters. The van der Waals surface area contributed by atoms with Gasteiger partial charge >= 0.3 is 0 Å². The molecule has 2 aromatic carbocycles. The van der Waals surface area contributed by atoms with Crippen LogP contribution in [-0.4, -0.2) is 19.6 Å². The number of ether oxygens (including phenoxy) is 1. The van der Waals surface area contributed by atoms with Crippen molar-refractivity contribution in [2.45, 2.75) is 19.8 Å². The number of aryl methyl sites for hydroxylation is 1. The second-order valence-corrected chi connectivity index (χ2v) is 5.05. The Labute approximate surface area is 126 Å². The molecule has 0 aliphatic carbocycles. The Balaban J connectivity index is 1.73. The Morgan fingerprint density at radius 1 is 1.05 bits per heavy atom. The second kappa shape index (κ2) is 7.48. The first-order valence-corrected chi connectivity index (χ1v) is 7.18. The molecule has 3 nitrogen and oxygen atoms in total. The van der Waals surface area contributed by atoms with Crippen LogP contribution in [0.15, 0.2) is 54.6 Å². The number of amides is 1. The zero-order valence-corrected chi connectivity index (χ0v) is 12.6. The van der Waals surface area contributed by atoms with E-state index in [1.807, 2.05) is 61.5 Å². The third-order valence-electron chi connectivity index (χ3n) is 3.34. The van der Waals surface area contributed by atoms with Crippen molar-refractivity contribution < 1.29 is 9.53 Å². The highest BCUT2D eigenvalue weighted by Crippen LogP contribution is 2.14. The molecule has 0 saturated heterocycles. The van der Waals surface area contributed by atoms with E-state index in [2.05, 4.69) is 0 Å². The molecule has 0 radical (unpaired) electrons. The first-order valence-electron chi connectivity index (χ1n) is 7.18. The Hall–Kier alpha value is -2.29. The van der Waals surface area contributed by atoms with Crippen LogP contribution in [0.5, 0.6) is 5.75 Å². The van der Waals surface area contributed by atoms with Gasteiger partial charge < -0.3 is 9.64 Å². The number of hydrogen-bond donors (Lipinski definition) is 0. The maximum Gasteiger partial charge on any atom is 0.226 e. The molecule has 2 aromatic rings. The zero-order chi connectivity index (χ0) is 15.1. The van der Waals surface area contributed by atoms with Gasteiger partial charge in [-0.25, -0.2) is 0 Å². The fraction of sp³-hybridized carbons (Fsp3) is 0.278. The Kier molecular flexibility index (Phi) is 5.38. The van der Waals surface area contributed by atoms with Crippen LogP contribution in [0, 0.1) is 6.92 Å². The predicted octanol–water partition coefficient (Wildman–Crippen LogP) is 3.82. The van der Waals surface area contributed by atoms with Gasteiger partial charge in [0.1, 0.15) is 5.75 Å². The zero-order valence-electron chi connectivity index (χ0n) is 12.6. The molecule has 0 aliphatic heterocycles. The lowest BCUT2D eigenvalue weighted by Crippen LogP contribution is -2.26. The minimum absolute atomic E-state index is 0.105. The summed E-state index contributed by atoms with van der Waals surface area (Å²) >= 11 is 0. The third-order valence-corrected chi connectivity index (χ3v) is 3.34. The minimum atomic E-state index is 0.105. The lowest BCUT2D eigenvalue weighted by Gasteiger charge is -2.17. The van der Waals surface area contributed by atoms with E-state index in [0.717, 1.165) is 11.4 Å². The third kappa shape index (κ3) is 4.63. The van der Waals surface area contributed by atoms with Gasteiger partial charge in [-0.05, 0) is 37.6 Å². The average Bonchev–Trinajstić information content (AvgIpc) is 2.53. The van der Waals surface area contributed by atoms with Gasteiger partial charge in [0.15, 0.2) is 0 Å².